The summed E-state index contributed by atoms with van der Waals surface area (Å²) < 4.78 is 125. The van der Waals surface area contributed by atoms with Gasteiger partial charge in [-0.3, -0.25) is 0 Å². The van der Waals surface area contributed by atoms with E-state index < -0.39 is 51.3 Å². The number of halogens is 9. The van der Waals surface area contributed by atoms with Gasteiger partial charge in [0.05, 0.1) is 34.1 Å². The number of carbonyl (C=O) groups is 2. The number of hydrogen-bond acceptors (Lipinski definition) is 7. The lowest BCUT2D eigenvalue weighted by atomic mass is 10.0. The molecule has 17 heteroatoms. The Bertz CT molecular complexity index is 1540. The summed E-state index contributed by atoms with van der Waals surface area (Å²) in [7, 11) is -6.17. The summed E-state index contributed by atoms with van der Waals surface area (Å²) in [5.41, 5.74) is -6.34. The van der Waals surface area contributed by atoms with Gasteiger partial charge >= 0.3 is 29.9 Å². The molecular weight excluding hydrogens is 903 g/mol. The molecule has 0 saturated heterocycles. The molecule has 3 rings (SSSR count). The standard InChI is InChI=1S/C22H11F6I3O7S/c23-21(24,25)20(22(26,27)28,9-39(34,35)36)38-19(33)13-4-2-10-5-12(3-1-11(10)6-13)18(32)37-17-15(30)7-14(29)8-16(17)31/h1-8H,9H2,(H,34,35,36)/p-1. The van der Waals surface area contributed by atoms with Crippen molar-refractivity contribution in [3.05, 3.63) is 70.4 Å². The van der Waals surface area contributed by atoms with Gasteiger partial charge < -0.3 is 14.0 Å². The van der Waals surface area contributed by atoms with E-state index in [9.17, 15) is 48.9 Å². The molecule has 0 aliphatic rings. The predicted octanol–water partition coefficient (Wildman–Crippen LogP) is 6.44. The van der Waals surface area contributed by atoms with Gasteiger partial charge in [0, 0.05) is 3.57 Å². The first-order valence-electron chi connectivity index (χ1n) is 9.95. The molecule has 0 amide bonds. The second kappa shape index (κ2) is 11.4. The van der Waals surface area contributed by atoms with Crippen LogP contribution >= 0.6 is 67.8 Å². The van der Waals surface area contributed by atoms with Gasteiger partial charge in [0.1, 0.15) is 0 Å². The molecule has 0 radical (unpaired) electrons. The minimum Gasteiger partial charge on any atom is -0.748 e. The summed E-state index contributed by atoms with van der Waals surface area (Å²) in [6.45, 7) is 0. The smallest absolute Gasteiger partial charge is 0.438 e. The van der Waals surface area contributed by atoms with E-state index in [2.05, 4.69) is 27.3 Å². The van der Waals surface area contributed by atoms with Gasteiger partial charge in [0.25, 0.3) is 0 Å². The largest absolute Gasteiger partial charge is 0.748 e. The molecule has 39 heavy (non-hydrogen) atoms. The SMILES string of the molecule is O=C(Oc1c(I)cc(I)cc1I)c1ccc2cc(C(=O)OC(CS(=O)(=O)[O-])(C(F)(F)F)C(F)(F)F)ccc2c1. The average Bonchev–Trinajstić information content (AvgIpc) is 2.77. The topological polar surface area (TPSA) is 110 Å². The molecule has 0 spiro atoms. The highest BCUT2D eigenvalue weighted by Crippen LogP contribution is 2.47. The zero-order valence-electron chi connectivity index (χ0n) is 18.5. The Balaban J connectivity index is 1.93. The molecule has 210 valence electrons. The van der Waals surface area contributed by atoms with Gasteiger partial charge in [0.15, 0.2) is 5.75 Å². The molecule has 7 nitrogen and oxygen atoms in total. The number of rotatable bonds is 6. The first kappa shape index (κ1) is 32.1. The Labute approximate surface area is 256 Å². The molecule has 0 aliphatic carbocycles. The number of ether oxygens (including phenoxy) is 2. The molecule has 3 aromatic carbocycles. The Hall–Kier alpha value is -1.46. The van der Waals surface area contributed by atoms with Crippen molar-refractivity contribution in [1.82, 2.24) is 0 Å². The summed E-state index contributed by atoms with van der Waals surface area (Å²) in [6, 6.07) is 10.2. The van der Waals surface area contributed by atoms with Crippen LogP contribution in [0.1, 0.15) is 20.7 Å². The van der Waals surface area contributed by atoms with Crippen LogP contribution in [-0.4, -0.2) is 48.6 Å². The van der Waals surface area contributed by atoms with Gasteiger partial charge in [-0.25, -0.2) is 18.0 Å². The molecule has 0 heterocycles. The first-order chi connectivity index (χ1) is 17.7. The highest BCUT2D eigenvalue weighted by Gasteiger charge is 2.75. The van der Waals surface area contributed by atoms with Gasteiger partial charge in [-0.05, 0) is 115 Å². The molecule has 0 unspecified atom stereocenters. The third-order valence-electron chi connectivity index (χ3n) is 5.03. The molecule has 3 aromatic rings. The fraction of sp³-hybridized carbons (Fsp3) is 0.182. The number of esters is 2. The van der Waals surface area contributed by atoms with E-state index in [1.54, 1.807) is 12.1 Å². The lowest BCUT2D eigenvalue weighted by Gasteiger charge is -2.36. The Morgan fingerprint density at radius 3 is 1.62 bits per heavy atom. The van der Waals surface area contributed by atoms with E-state index in [0.29, 0.717) is 12.9 Å². The number of fused-ring (bicyclic) bond motifs is 1. The zero-order chi connectivity index (χ0) is 29.6. The van der Waals surface area contributed by atoms with Gasteiger partial charge in [0.2, 0.25) is 0 Å². The maximum absolute atomic E-state index is 13.4. The van der Waals surface area contributed by atoms with E-state index >= 15 is 0 Å². The molecule has 0 atom stereocenters. The fourth-order valence-corrected chi connectivity index (χ4v) is 7.90. The number of benzene rings is 3. The minimum absolute atomic E-state index is 0.0526. The van der Waals surface area contributed by atoms with Crippen molar-refractivity contribution >= 4 is 101 Å². The number of hydrogen-bond donors (Lipinski definition) is 0. The van der Waals surface area contributed by atoms with Gasteiger partial charge in [-0.2, -0.15) is 26.3 Å². The van der Waals surface area contributed by atoms with Crippen LogP contribution in [0.25, 0.3) is 10.8 Å². The monoisotopic (exact) mass is 913 g/mol. The van der Waals surface area contributed by atoms with Crippen LogP contribution in [0, 0.1) is 10.7 Å². The number of alkyl halides is 6. The Morgan fingerprint density at radius 1 is 0.769 bits per heavy atom. The van der Waals surface area contributed by atoms with Crippen molar-refractivity contribution in [2.45, 2.75) is 18.0 Å². The lowest BCUT2D eigenvalue weighted by Crippen LogP contribution is -2.63. The summed E-state index contributed by atoms with van der Waals surface area (Å²) in [5.74, 6) is -5.72. The van der Waals surface area contributed by atoms with Crippen LogP contribution in [0.15, 0.2) is 48.5 Å². The highest BCUT2D eigenvalue weighted by molar-refractivity contribution is 14.1. The third-order valence-corrected chi connectivity index (χ3v) is 8.02. The van der Waals surface area contributed by atoms with E-state index in [4.69, 9.17) is 4.74 Å². The van der Waals surface area contributed by atoms with Crippen molar-refractivity contribution in [3.8, 4) is 5.75 Å². The molecule has 0 bridgehead atoms. The Kier molecular flexibility index (Phi) is 9.40. The van der Waals surface area contributed by atoms with Crippen molar-refractivity contribution in [1.29, 1.82) is 0 Å². The molecular formula is C22H10F6I3O7S-. The van der Waals surface area contributed by atoms with E-state index in [1.807, 2.05) is 45.2 Å². The quantitative estimate of drug-likeness (QED) is 0.0922. The summed E-state index contributed by atoms with van der Waals surface area (Å²) in [4.78, 5) is 25.0. The van der Waals surface area contributed by atoms with Crippen LogP contribution < -0.4 is 4.74 Å². The van der Waals surface area contributed by atoms with E-state index in [0.717, 1.165) is 21.8 Å². The second-order valence-corrected chi connectivity index (χ2v) is 12.8. The maximum atomic E-state index is 13.4. The van der Waals surface area contributed by atoms with E-state index in [-0.39, 0.29) is 16.3 Å². The molecule has 0 fully saturated rings. The summed E-state index contributed by atoms with van der Waals surface area (Å²) >= 11 is 6.08. The van der Waals surface area contributed by atoms with E-state index in [1.165, 1.54) is 18.2 Å². The van der Waals surface area contributed by atoms with Crippen molar-refractivity contribution in [3.63, 3.8) is 0 Å². The molecule has 0 aliphatic heterocycles. The van der Waals surface area contributed by atoms with Crippen LogP contribution in [0.2, 0.25) is 0 Å². The summed E-state index contributed by atoms with van der Waals surface area (Å²) in [5, 5.41) is 0.369. The average molecular weight is 913 g/mol. The molecule has 0 aromatic heterocycles. The zero-order valence-corrected chi connectivity index (χ0v) is 25.8. The molecule has 0 N–H and O–H groups in total. The second-order valence-electron chi connectivity index (χ2n) is 7.78. The highest BCUT2D eigenvalue weighted by atomic mass is 127. The van der Waals surface area contributed by atoms with Crippen LogP contribution in [-0.2, 0) is 14.9 Å². The van der Waals surface area contributed by atoms with Crippen LogP contribution in [0.5, 0.6) is 5.75 Å². The lowest BCUT2D eigenvalue weighted by molar-refractivity contribution is -0.356. The van der Waals surface area contributed by atoms with Crippen molar-refractivity contribution in [2.75, 3.05) is 5.75 Å². The predicted molar refractivity (Wildman–Crippen MR) is 148 cm³/mol. The van der Waals surface area contributed by atoms with Crippen molar-refractivity contribution in [2.24, 2.45) is 0 Å². The summed E-state index contributed by atoms with van der Waals surface area (Å²) in [6.07, 6.45) is -13.0. The number of carbonyl (C=O) groups excluding carboxylic acids is 2. The van der Waals surface area contributed by atoms with Crippen LogP contribution in [0.4, 0.5) is 26.3 Å². The van der Waals surface area contributed by atoms with Crippen molar-refractivity contribution < 1.29 is 58.4 Å². The van der Waals surface area contributed by atoms with Gasteiger partial charge in [-0.15, -0.1) is 0 Å². The Morgan fingerprint density at radius 2 is 1.21 bits per heavy atom. The maximum Gasteiger partial charge on any atom is 0.438 e. The first-order valence-corrected chi connectivity index (χ1v) is 14.8. The fourth-order valence-electron chi connectivity index (χ4n) is 3.21. The minimum atomic E-state index is -6.49. The molecule has 0 saturated carbocycles. The third kappa shape index (κ3) is 7.25. The van der Waals surface area contributed by atoms with Crippen LogP contribution in [0.3, 0.4) is 0 Å². The van der Waals surface area contributed by atoms with Gasteiger partial charge in [-0.1, -0.05) is 12.1 Å². The normalized spacial score (nSPS) is 12.9.